The maximum absolute atomic E-state index is 5.73. The molecule has 2 aromatic rings. The van der Waals surface area contributed by atoms with E-state index in [-0.39, 0.29) is 0 Å². The summed E-state index contributed by atoms with van der Waals surface area (Å²) < 4.78 is 19.0. The van der Waals surface area contributed by atoms with Crippen molar-refractivity contribution in [1.29, 1.82) is 0 Å². The molecule has 1 aromatic carbocycles. The van der Waals surface area contributed by atoms with Crippen LogP contribution >= 0.6 is 0 Å². The third kappa shape index (κ3) is 3.06. The second-order valence-electron chi connectivity index (χ2n) is 6.51. The molecule has 1 atom stereocenters. The molecule has 2 aliphatic rings. The lowest BCUT2D eigenvalue weighted by Crippen LogP contribution is -2.25. The zero-order valence-electron chi connectivity index (χ0n) is 14.9. The van der Waals surface area contributed by atoms with Crippen molar-refractivity contribution in [3.63, 3.8) is 0 Å². The molecule has 1 aromatic heterocycles. The average molecular weight is 343 g/mol. The Morgan fingerprint density at radius 2 is 2.20 bits per heavy atom. The van der Waals surface area contributed by atoms with Crippen LogP contribution in [-0.2, 0) is 19.5 Å². The van der Waals surface area contributed by atoms with Crippen molar-refractivity contribution in [1.82, 2.24) is 15.1 Å². The van der Waals surface area contributed by atoms with Gasteiger partial charge in [-0.3, -0.25) is 4.68 Å². The normalized spacial score (nSPS) is 18.7. The van der Waals surface area contributed by atoms with Crippen LogP contribution in [0.4, 0.5) is 0 Å². The zero-order valence-corrected chi connectivity index (χ0v) is 14.9. The van der Waals surface area contributed by atoms with Gasteiger partial charge >= 0.3 is 0 Å². The Labute approximate surface area is 148 Å². The molecule has 25 heavy (non-hydrogen) atoms. The van der Waals surface area contributed by atoms with Gasteiger partial charge in [-0.25, -0.2) is 0 Å². The van der Waals surface area contributed by atoms with E-state index in [2.05, 4.69) is 22.0 Å². The number of rotatable bonds is 5. The quantitative estimate of drug-likeness (QED) is 0.905. The minimum atomic E-state index is 0.350. The second-order valence-corrected chi connectivity index (χ2v) is 6.51. The fraction of sp³-hybridized carbons (Fsp3) is 0.526. The van der Waals surface area contributed by atoms with E-state index in [4.69, 9.17) is 14.2 Å². The van der Waals surface area contributed by atoms with Crippen molar-refractivity contribution in [3.05, 3.63) is 35.2 Å². The predicted molar refractivity (Wildman–Crippen MR) is 94.4 cm³/mol. The number of methoxy groups -OCH3 is 1. The third-order valence-electron chi connectivity index (χ3n) is 5.00. The van der Waals surface area contributed by atoms with Crippen LogP contribution in [0.3, 0.4) is 0 Å². The lowest BCUT2D eigenvalue weighted by atomic mass is 9.92. The summed E-state index contributed by atoms with van der Waals surface area (Å²) in [6.07, 6.45) is 5.49. The van der Waals surface area contributed by atoms with E-state index in [0.29, 0.717) is 25.0 Å². The number of aryl methyl sites for hydroxylation is 1. The van der Waals surface area contributed by atoms with E-state index in [1.165, 1.54) is 17.7 Å². The van der Waals surface area contributed by atoms with Crippen LogP contribution in [0.25, 0.3) is 0 Å². The Bertz CT molecular complexity index is 739. The van der Waals surface area contributed by atoms with Crippen molar-refractivity contribution >= 4 is 0 Å². The maximum Gasteiger partial charge on any atom is 0.203 e. The molecular formula is C19H25N3O3. The summed E-state index contributed by atoms with van der Waals surface area (Å²) >= 11 is 0. The van der Waals surface area contributed by atoms with Gasteiger partial charge in [-0.1, -0.05) is 0 Å². The van der Waals surface area contributed by atoms with Gasteiger partial charge in [0, 0.05) is 30.4 Å². The first-order valence-electron chi connectivity index (χ1n) is 9.04. The van der Waals surface area contributed by atoms with E-state index < -0.39 is 0 Å². The van der Waals surface area contributed by atoms with E-state index >= 15 is 0 Å². The number of aromatic nitrogens is 2. The number of ether oxygens (including phenoxy) is 3. The van der Waals surface area contributed by atoms with E-state index in [0.717, 1.165) is 43.0 Å². The van der Waals surface area contributed by atoms with Gasteiger partial charge in [-0.15, -0.1) is 0 Å². The van der Waals surface area contributed by atoms with Crippen molar-refractivity contribution in [2.75, 3.05) is 20.3 Å². The highest BCUT2D eigenvalue weighted by Crippen LogP contribution is 2.40. The minimum absolute atomic E-state index is 0.350. The molecule has 6 nitrogen and oxygen atoms in total. The summed E-state index contributed by atoms with van der Waals surface area (Å²) in [7, 11) is 1.66. The molecule has 0 saturated carbocycles. The number of hydrogen-bond donors (Lipinski definition) is 1. The molecule has 0 saturated heterocycles. The van der Waals surface area contributed by atoms with Crippen LogP contribution in [0, 0.1) is 0 Å². The Kier molecular flexibility index (Phi) is 4.53. The highest BCUT2D eigenvalue weighted by Gasteiger charge is 2.24. The molecule has 0 radical (unpaired) electrons. The molecule has 1 N–H and O–H groups in total. The van der Waals surface area contributed by atoms with Crippen LogP contribution in [-0.4, -0.2) is 30.1 Å². The molecule has 1 aliphatic carbocycles. The largest absolute Gasteiger partial charge is 0.493 e. The second kappa shape index (κ2) is 6.96. The SMILES string of the molecule is CCn1ncc2c1CCC[C@H]2NCc1cc(OC)c2c(c1)OCCO2. The van der Waals surface area contributed by atoms with Gasteiger partial charge in [0.25, 0.3) is 0 Å². The molecule has 134 valence electrons. The Morgan fingerprint density at radius 1 is 1.32 bits per heavy atom. The van der Waals surface area contributed by atoms with Gasteiger partial charge in [0.1, 0.15) is 13.2 Å². The lowest BCUT2D eigenvalue weighted by molar-refractivity contribution is 0.165. The van der Waals surface area contributed by atoms with Gasteiger partial charge in [0.2, 0.25) is 5.75 Å². The highest BCUT2D eigenvalue weighted by molar-refractivity contribution is 5.54. The number of hydrogen-bond acceptors (Lipinski definition) is 5. The van der Waals surface area contributed by atoms with Crippen LogP contribution in [0.15, 0.2) is 18.3 Å². The van der Waals surface area contributed by atoms with Gasteiger partial charge in [-0.05, 0) is 43.9 Å². The van der Waals surface area contributed by atoms with Crippen molar-refractivity contribution in [3.8, 4) is 17.2 Å². The lowest BCUT2D eigenvalue weighted by Gasteiger charge is -2.25. The molecule has 4 rings (SSSR count). The first-order chi connectivity index (χ1) is 12.3. The van der Waals surface area contributed by atoms with Gasteiger partial charge in [0.05, 0.1) is 13.3 Å². The van der Waals surface area contributed by atoms with Gasteiger partial charge in [-0.2, -0.15) is 5.10 Å². The molecule has 0 unspecified atom stereocenters. The Balaban J connectivity index is 1.52. The smallest absolute Gasteiger partial charge is 0.203 e. The fourth-order valence-electron chi connectivity index (χ4n) is 3.77. The van der Waals surface area contributed by atoms with Crippen molar-refractivity contribution in [2.24, 2.45) is 0 Å². The summed E-state index contributed by atoms with van der Waals surface area (Å²) in [5, 5.41) is 8.21. The van der Waals surface area contributed by atoms with Crippen LogP contribution < -0.4 is 19.5 Å². The van der Waals surface area contributed by atoms with E-state index in [1.54, 1.807) is 7.11 Å². The van der Waals surface area contributed by atoms with E-state index in [1.807, 2.05) is 18.3 Å². The highest BCUT2D eigenvalue weighted by atomic mass is 16.6. The molecule has 0 amide bonds. The molecule has 0 spiro atoms. The van der Waals surface area contributed by atoms with Crippen molar-refractivity contribution < 1.29 is 14.2 Å². The first-order valence-corrected chi connectivity index (χ1v) is 9.04. The summed E-state index contributed by atoms with van der Waals surface area (Å²) in [4.78, 5) is 0. The summed E-state index contributed by atoms with van der Waals surface area (Å²) in [6, 6.07) is 4.42. The monoisotopic (exact) mass is 343 g/mol. The first kappa shape index (κ1) is 16.3. The van der Waals surface area contributed by atoms with Crippen molar-refractivity contribution in [2.45, 2.75) is 45.3 Å². The molecule has 1 aliphatic heterocycles. The summed E-state index contributed by atoms with van der Waals surface area (Å²) in [5.41, 5.74) is 3.86. The Hall–Kier alpha value is -2.21. The Morgan fingerprint density at radius 3 is 3.04 bits per heavy atom. The van der Waals surface area contributed by atoms with Crippen LogP contribution in [0.1, 0.15) is 42.6 Å². The summed E-state index contributed by atoms with van der Waals surface area (Å²) in [6.45, 7) is 4.98. The number of fused-ring (bicyclic) bond motifs is 2. The predicted octanol–water partition coefficient (Wildman–Crippen LogP) is 2.85. The standard InChI is InChI=1S/C19H25N3O3/c1-3-22-16-6-4-5-15(14(16)12-21-22)20-11-13-9-17(23-2)19-18(10-13)24-7-8-25-19/h9-10,12,15,20H,3-8,11H2,1-2H3/t15-/m1/s1. The molecular weight excluding hydrogens is 318 g/mol. The third-order valence-corrected chi connectivity index (χ3v) is 5.00. The summed E-state index contributed by atoms with van der Waals surface area (Å²) in [5.74, 6) is 2.21. The molecule has 6 heteroatoms. The van der Waals surface area contributed by atoms with E-state index in [9.17, 15) is 0 Å². The van der Waals surface area contributed by atoms with Crippen LogP contribution in [0.5, 0.6) is 17.2 Å². The fourth-order valence-corrected chi connectivity index (χ4v) is 3.77. The van der Waals surface area contributed by atoms with Gasteiger partial charge < -0.3 is 19.5 Å². The topological polar surface area (TPSA) is 57.5 Å². The molecule has 0 fully saturated rings. The number of nitrogens with one attached hydrogen (secondary N) is 1. The zero-order chi connectivity index (χ0) is 17.2. The van der Waals surface area contributed by atoms with Gasteiger partial charge in [0.15, 0.2) is 11.5 Å². The van der Waals surface area contributed by atoms with Crippen LogP contribution in [0.2, 0.25) is 0 Å². The minimum Gasteiger partial charge on any atom is -0.493 e. The number of benzene rings is 1. The maximum atomic E-state index is 5.73. The molecule has 0 bridgehead atoms. The average Bonchev–Trinajstić information content (AvgIpc) is 3.09. The number of nitrogens with zero attached hydrogens (tertiary/aromatic N) is 2. The molecule has 2 heterocycles.